The van der Waals surface area contributed by atoms with Gasteiger partial charge in [0.05, 0.1) is 0 Å². The zero-order chi connectivity index (χ0) is 10.1. The first kappa shape index (κ1) is 8.74. The normalized spacial score (nSPS) is 10.4. The molecule has 3 N–H and O–H groups in total. The van der Waals surface area contributed by atoms with Gasteiger partial charge in [0.15, 0.2) is 0 Å². The van der Waals surface area contributed by atoms with Crippen molar-refractivity contribution in [3.63, 3.8) is 0 Å². The Hall–Kier alpha value is -1.84. The van der Waals surface area contributed by atoms with E-state index in [0.29, 0.717) is 17.2 Å². The molecule has 0 saturated heterocycles. The first-order chi connectivity index (χ1) is 6.66. The van der Waals surface area contributed by atoms with Crippen LogP contribution in [0, 0.1) is 12.9 Å². The van der Waals surface area contributed by atoms with Gasteiger partial charge in [-0.25, -0.2) is 4.98 Å². The molecule has 0 atom stereocenters. The summed E-state index contributed by atoms with van der Waals surface area (Å²) in [5.41, 5.74) is 7.34. The molecule has 0 aliphatic heterocycles. The summed E-state index contributed by atoms with van der Waals surface area (Å²) in [5, 5.41) is 0. The van der Waals surface area contributed by atoms with Crippen molar-refractivity contribution in [3.8, 4) is 11.3 Å². The highest BCUT2D eigenvalue weighted by Gasteiger charge is 2.08. The Morgan fingerprint density at radius 3 is 2.43 bits per heavy atom. The molecule has 2 aromatic rings. The molecule has 2 rings (SSSR count). The van der Waals surface area contributed by atoms with E-state index in [2.05, 4.69) is 9.97 Å². The Morgan fingerprint density at radius 2 is 1.93 bits per heavy atom. The summed E-state index contributed by atoms with van der Waals surface area (Å²) in [4.78, 5) is 6.51. The molecular weight excluding hydrogens is 181 g/mol. The van der Waals surface area contributed by atoms with Crippen LogP contribution in [0.15, 0.2) is 24.3 Å². The minimum Gasteiger partial charge on any atom is -0.399 e. The number of benzene rings is 1. The maximum atomic E-state index is 13.2. The number of aryl methyl sites for hydroxylation is 1. The summed E-state index contributed by atoms with van der Waals surface area (Å²) >= 11 is 0. The highest BCUT2D eigenvalue weighted by atomic mass is 19.1. The topological polar surface area (TPSA) is 54.7 Å². The van der Waals surface area contributed by atoms with E-state index in [0.717, 1.165) is 5.56 Å². The zero-order valence-electron chi connectivity index (χ0n) is 7.71. The summed E-state index contributed by atoms with van der Waals surface area (Å²) in [6, 6.07) is 6.96. The Morgan fingerprint density at radius 1 is 1.29 bits per heavy atom. The van der Waals surface area contributed by atoms with E-state index >= 15 is 0 Å². The predicted molar refractivity (Wildman–Crippen MR) is 53.1 cm³/mol. The van der Waals surface area contributed by atoms with Crippen molar-refractivity contribution < 1.29 is 4.39 Å². The molecule has 0 fully saturated rings. The lowest BCUT2D eigenvalue weighted by Crippen LogP contribution is -1.85. The fourth-order valence-electron chi connectivity index (χ4n) is 1.30. The Labute approximate surface area is 80.8 Å². The number of rotatable bonds is 1. The summed E-state index contributed by atoms with van der Waals surface area (Å²) in [6.07, 6.45) is 0. The maximum absolute atomic E-state index is 13.2. The molecule has 0 bridgehead atoms. The molecule has 0 unspecified atom stereocenters. The SMILES string of the molecule is Cc1nc(F)c(-c2ccc(N)cc2)[nH]1. The molecule has 1 heterocycles. The summed E-state index contributed by atoms with van der Waals surface area (Å²) < 4.78 is 13.2. The van der Waals surface area contributed by atoms with E-state index in [1.54, 1.807) is 31.2 Å². The second kappa shape index (κ2) is 3.14. The quantitative estimate of drug-likeness (QED) is 0.678. The molecule has 0 aliphatic carbocycles. The van der Waals surface area contributed by atoms with Crippen molar-refractivity contribution in [1.29, 1.82) is 0 Å². The van der Waals surface area contributed by atoms with Crippen LogP contribution in [-0.2, 0) is 0 Å². The van der Waals surface area contributed by atoms with E-state index in [1.807, 2.05) is 0 Å². The lowest BCUT2D eigenvalue weighted by Gasteiger charge is -1.98. The molecule has 0 radical (unpaired) electrons. The number of nitrogens with one attached hydrogen (secondary N) is 1. The number of aromatic nitrogens is 2. The third-order valence-corrected chi connectivity index (χ3v) is 1.98. The monoisotopic (exact) mass is 191 g/mol. The second-order valence-corrected chi connectivity index (χ2v) is 3.11. The van der Waals surface area contributed by atoms with Crippen LogP contribution in [0.5, 0.6) is 0 Å². The first-order valence-corrected chi connectivity index (χ1v) is 4.25. The van der Waals surface area contributed by atoms with Crippen LogP contribution in [0.1, 0.15) is 5.82 Å². The minimum atomic E-state index is -0.479. The summed E-state index contributed by atoms with van der Waals surface area (Å²) in [5.74, 6) is 0.0848. The van der Waals surface area contributed by atoms with Crippen molar-refractivity contribution in [3.05, 3.63) is 36.0 Å². The largest absolute Gasteiger partial charge is 0.399 e. The number of aromatic amines is 1. The second-order valence-electron chi connectivity index (χ2n) is 3.11. The van der Waals surface area contributed by atoms with Gasteiger partial charge in [-0.2, -0.15) is 4.39 Å². The highest BCUT2D eigenvalue weighted by molar-refractivity contribution is 5.61. The van der Waals surface area contributed by atoms with Gasteiger partial charge in [-0.05, 0) is 19.1 Å². The van der Waals surface area contributed by atoms with Gasteiger partial charge in [0.25, 0.3) is 0 Å². The number of nitrogen functional groups attached to an aromatic ring is 1. The third kappa shape index (κ3) is 1.46. The van der Waals surface area contributed by atoms with Gasteiger partial charge in [-0.3, -0.25) is 0 Å². The highest BCUT2D eigenvalue weighted by Crippen LogP contribution is 2.21. The predicted octanol–water partition coefficient (Wildman–Crippen LogP) is 2.11. The van der Waals surface area contributed by atoms with Gasteiger partial charge >= 0.3 is 0 Å². The number of hydrogen-bond acceptors (Lipinski definition) is 2. The van der Waals surface area contributed by atoms with E-state index < -0.39 is 5.95 Å². The molecule has 1 aromatic carbocycles. The standard InChI is InChI=1S/C10H10FN3/c1-6-13-9(10(11)14-6)7-2-4-8(12)5-3-7/h2-5H,12H2,1H3,(H,13,14). The maximum Gasteiger partial charge on any atom is 0.238 e. The van der Waals surface area contributed by atoms with Crippen molar-refractivity contribution in [1.82, 2.24) is 9.97 Å². The summed E-state index contributed by atoms with van der Waals surface area (Å²) in [7, 11) is 0. The molecular formula is C10H10FN3. The lowest BCUT2D eigenvalue weighted by atomic mass is 10.1. The van der Waals surface area contributed by atoms with Crippen LogP contribution in [0.4, 0.5) is 10.1 Å². The van der Waals surface area contributed by atoms with Crippen molar-refractivity contribution in [2.24, 2.45) is 0 Å². The fourth-order valence-corrected chi connectivity index (χ4v) is 1.30. The van der Waals surface area contributed by atoms with E-state index in [9.17, 15) is 4.39 Å². The summed E-state index contributed by atoms with van der Waals surface area (Å²) in [6.45, 7) is 1.71. The van der Waals surface area contributed by atoms with Crippen LogP contribution in [0.3, 0.4) is 0 Å². The van der Waals surface area contributed by atoms with Gasteiger partial charge in [0.2, 0.25) is 5.95 Å². The van der Waals surface area contributed by atoms with Gasteiger partial charge in [-0.15, -0.1) is 0 Å². The number of hydrogen-bond donors (Lipinski definition) is 2. The van der Waals surface area contributed by atoms with Crippen molar-refractivity contribution in [2.75, 3.05) is 5.73 Å². The van der Waals surface area contributed by atoms with E-state index in [4.69, 9.17) is 5.73 Å². The molecule has 0 aliphatic rings. The molecule has 72 valence electrons. The van der Waals surface area contributed by atoms with Crippen LogP contribution in [-0.4, -0.2) is 9.97 Å². The zero-order valence-corrected chi connectivity index (χ0v) is 7.71. The number of nitrogens with two attached hydrogens (primary N) is 1. The Balaban J connectivity index is 2.49. The first-order valence-electron chi connectivity index (χ1n) is 4.25. The Bertz CT molecular complexity index is 445. The molecule has 0 saturated carbocycles. The number of H-pyrrole nitrogens is 1. The average molecular weight is 191 g/mol. The number of halogens is 1. The van der Waals surface area contributed by atoms with Gasteiger partial charge in [0.1, 0.15) is 11.5 Å². The molecule has 0 amide bonds. The van der Waals surface area contributed by atoms with Crippen LogP contribution < -0.4 is 5.73 Å². The number of nitrogens with zero attached hydrogens (tertiary/aromatic N) is 1. The average Bonchev–Trinajstić information content (AvgIpc) is 2.47. The van der Waals surface area contributed by atoms with E-state index in [-0.39, 0.29) is 0 Å². The molecule has 0 spiro atoms. The smallest absolute Gasteiger partial charge is 0.238 e. The number of imidazole rings is 1. The molecule has 3 nitrogen and oxygen atoms in total. The third-order valence-electron chi connectivity index (χ3n) is 1.98. The van der Waals surface area contributed by atoms with Crippen LogP contribution in [0.2, 0.25) is 0 Å². The van der Waals surface area contributed by atoms with E-state index in [1.165, 1.54) is 0 Å². The fraction of sp³-hybridized carbons (Fsp3) is 0.100. The lowest BCUT2D eigenvalue weighted by molar-refractivity contribution is 0.592. The van der Waals surface area contributed by atoms with Crippen LogP contribution in [0.25, 0.3) is 11.3 Å². The van der Waals surface area contributed by atoms with Gasteiger partial charge < -0.3 is 10.7 Å². The molecule has 1 aromatic heterocycles. The number of anilines is 1. The van der Waals surface area contributed by atoms with Gasteiger partial charge in [0, 0.05) is 11.3 Å². The Kier molecular flexibility index (Phi) is 1.96. The minimum absolute atomic E-state index is 0.405. The van der Waals surface area contributed by atoms with Crippen molar-refractivity contribution >= 4 is 5.69 Å². The van der Waals surface area contributed by atoms with Crippen molar-refractivity contribution in [2.45, 2.75) is 6.92 Å². The molecule has 4 heteroatoms. The molecule has 14 heavy (non-hydrogen) atoms. The van der Waals surface area contributed by atoms with Gasteiger partial charge in [-0.1, -0.05) is 12.1 Å². The van der Waals surface area contributed by atoms with Crippen LogP contribution >= 0.6 is 0 Å².